The van der Waals surface area contributed by atoms with Crippen LogP contribution in [-0.2, 0) is 14.2 Å². The van der Waals surface area contributed by atoms with Crippen molar-refractivity contribution in [3.63, 3.8) is 0 Å². The standard InChI is InChI=1S/C27H30O16/c28-7-14-17(31)20(34)23(37)26(42-14)39-8-15-18(32)21(35)24(38)27(43-15)40-11-5-12(30)16-13(6-11)41-25(22(36)19(16)33)9-1-3-10(29)4-2-9/h1-6,14-15,17-18,20-21,23-24,26-32,34-38H,7-8H2/t14-,15-,17-,18-,20+,21+,23-,24-,26-,27-/m1/s1. The number of hydrogen-bond acceptors (Lipinski definition) is 16. The van der Waals surface area contributed by atoms with E-state index < -0.39 is 96.9 Å². The molecule has 0 saturated carbocycles. The Balaban J connectivity index is 1.37. The molecule has 5 rings (SSSR count). The minimum Gasteiger partial charge on any atom is -0.508 e. The fourth-order valence-corrected chi connectivity index (χ4v) is 4.82. The van der Waals surface area contributed by atoms with Crippen LogP contribution in [0.2, 0.25) is 0 Å². The van der Waals surface area contributed by atoms with E-state index in [-0.39, 0.29) is 28.4 Å². The lowest BCUT2D eigenvalue weighted by Gasteiger charge is -2.42. The second kappa shape index (κ2) is 12.2. The summed E-state index contributed by atoms with van der Waals surface area (Å²) in [5.41, 5.74) is -0.981. The van der Waals surface area contributed by atoms with Gasteiger partial charge in [0.2, 0.25) is 17.5 Å². The predicted molar refractivity (Wildman–Crippen MR) is 140 cm³/mol. The lowest BCUT2D eigenvalue weighted by atomic mass is 9.98. The van der Waals surface area contributed by atoms with Crippen molar-refractivity contribution in [2.45, 2.75) is 61.4 Å². The number of benzene rings is 2. The van der Waals surface area contributed by atoms with E-state index in [1.54, 1.807) is 0 Å². The molecule has 2 aromatic carbocycles. The Morgan fingerprint density at radius 2 is 1.35 bits per heavy atom. The molecule has 10 N–H and O–H groups in total. The molecule has 2 aliphatic rings. The van der Waals surface area contributed by atoms with E-state index in [9.17, 15) is 55.9 Å². The summed E-state index contributed by atoms with van der Waals surface area (Å²) in [6.07, 6.45) is -16.5. The Bertz CT molecular complexity index is 1490. The van der Waals surface area contributed by atoms with Crippen LogP contribution in [0.5, 0.6) is 23.0 Å². The zero-order chi connectivity index (χ0) is 31.2. The molecule has 0 radical (unpaired) electrons. The van der Waals surface area contributed by atoms with E-state index in [1.165, 1.54) is 24.3 Å². The van der Waals surface area contributed by atoms with Crippen molar-refractivity contribution in [2.24, 2.45) is 0 Å². The highest BCUT2D eigenvalue weighted by atomic mass is 16.7. The monoisotopic (exact) mass is 610 g/mol. The predicted octanol–water partition coefficient (Wildman–Crippen LogP) is -2.42. The summed E-state index contributed by atoms with van der Waals surface area (Å²) >= 11 is 0. The third-order valence-electron chi connectivity index (χ3n) is 7.25. The van der Waals surface area contributed by atoms with Crippen molar-refractivity contribution in [3.8, 4) is 34.3 Å². The molecule has 2 aliphatic heterocycles. The Kier molecular flexibility index (Phi) is 8.77. The molecule has 0 bridgehead atoms. The molecule has 0 amide bonds. The first-order chi connectivity index (χ1) is 20.4. The van der Waals surface area contributed by atoms with Crippen molar-refractivity contribution in [1.29, 1.82) is 0 Å². The van der Waals surface area contributed by atoms with Gasteiger partial charge >= 0.3 is 0 Å². The Labute approximate surface area is 241 Å². The van der Waals surface area contributed by atoms with Gasteiger partial charge in [-0.25, -0.2) is 0 Å². The van der Waals surface area contributed by atoms with Crippen LogP contribution in [0, 0.1) is 0 Å². The molecule has 2 fully saturated rings. The number of aliphatic hydroxyl groups is 7. The number of ether oxygens (including phenoxy) is 4. The van der Waals surface area contributed by atoms with E-state index in [1.807, 2.05) is 0 Å². The third kappa shape index (κ3) is 5.85. The van der Waals surface area contributed by atoms with Crippen LogP contribution in [0.15, 0.2) is 45.6 Å². The van der Waals surface area contributed by atoms with Crippen molar-refractivity contribution in [1.82, 2.24) is 0 Å². The Hall–Kier alpha value is -3.55. The Morgan fingerprint density at radius 3 is 2.00 bits per heavy atom. The van der Waals surface area contributed by atoms with Crippen LogP contribution in [-0.4, -0.2) is 126 Å². The quantitative estimate of drug-likeness (QED) is 0.133. The van der Waals surface area contributed by atoms with Gasteiger partial charge in [0.25, 0.3) is 0 Å². The molecule has 1 aromatic heterocycles. The van der Waals surface area contributed by atoms with Crippen molar-refractivity contribution < 1.29 is 74.4 Å². The molecule has 16 nitrogen and oxygen atoms in total. The lowest BCUT2D eigenvalue weighted by Crippen LogP contribution is -2.62. The van der Waals surface area contributed by atoms with Gasteiger partial charge in [0.1, 0.15) is 77.0 Å². The minimum atomic E-state index is -1.84. The number of aromatic hydroxyl groups is 3. The fraction of sp³-hybridized carbons (Fsp3) is 0.444. The molecule has 3 aromatic rings. The van der Waals surface area contributed by atoms with Crippen molar-refractivity contribution in [3.05, 3.63) is 46.6 Å². The average Bonchev–Trinajstić information content (AvgIpc) is 2.98. The summed E-state index contributed by atoms with van der Waals surface area (Å²) in [5, 5.41) is 101. The lowest BCUT2D eigenvalue weighted by molar-refractivity contribution is -0.323. The third-order valence-corrected chi connectivity index (χ3v) is 7.25. The van der Waals surface area contributed by atoms with E-state index in [2.05, 4.69) is 0 Å². The van der Waals surface area contributed by atoms with Crippen LogP contribution in [0.25, 0.3) is 22.3 Å². The number of aliphatic hydroxyl groups excluding tert-OH is 7. The number of rotatable bonds is 7. The first-order valence-corrected chi connectivity index (χ1v) is 13.0. The van der Waals surface area contributed by atoms with E-state index >= 15 is 0 Å². The summed E-state index contributed by atoms with van der Waals surface area (Å²) in [7, 11) is 0. The zero-order valence-electron chi connectivity index (χ0n) is 22.1. The molecule has 2 saturated heterocycles. The Morgan fingerprint density at radius 1 is 0.744 bits per heavy atom. The number of fused-ring (bicyclic) bond motifs is 1. The summed E-state index contributed by atoms with van der Waals surface area (Å²) < 4.78 is 27.5. The topological polar surface area (TPSA) is 269 Å². The van der Waals surface area contributed by atoms with Gasteiger partial charge in [0.05, 0.1) is 13.2 Å². The molecule has 43 heavy (non-hydrogen) atoms. The molecule has 3 heterocycles. The molecule has 0 aliphatic carbocycles. The van der Waals surface area contributed by atoms with Crippen LogP contribution in [0.3, 0.4) is 0 Å². The number of phenols is 2. The second-order valence-electron chi connectivity index (χ2n) is 10.1. The van der Waals surface area contributed by atoms with Gasteiger partial charge in [0, 0.05) is 17.7 Å². The SMILES string of the molecule is O=c1c(O)c(-c2ccc(O)cc2)oc2cc(O[C@@H]3O[C@H](CO[C@@H]4O[C@H](CO)[C@@H](O)[C@H](O)[C@H]4O)[C@@H](O)[C@H](O)[C@H]3O)cc(O)c12. The van der Waals surface area contributed by atoms with Gasteiger partial charge in [-0.3, -0.25) is 4.79 Å². The molecule has 234 valence electrons. The fourth-order valence-electron chi connectivity index (χ4n) is 4.82. The smallest absolute Gasteiger partial charge is 0.238 e. The van der Waals surface area contributed by atoms with Gasteiger partial charge < -0.3 is 74.4 Å². The average molecular weight is 611 g/mol. The molecule has 0 unspecified atom stereocenters. The van der Waals surface area contributed by atoms with Crippen LogP contribution in [0.1, 0.15) is 0 Å². The molecule has 0 spiro atoms. The maximum atomic E-state index is 12.8. The highest BCUT2D eigenvalue weighted by molar-refractivity contribution is 5.88. The first kappa shape index (κ1) is 30.9. The first-order valence-electron chi connectivity index (χ1n) is 13.0. The van der Waals surface area contributed by atoms with Crippen LogP contribution < -0.4 is 10.2 Å². The summed E-state index contributed by atoms with van der Waals surface area (Å²) in [4.78, 5) is 12.8. The van der Waals surface area contributed by atoms with E-state index in [4.69, 9.17) is 23.4 Å². The van der Waals surface area contributed by atoms with E-state index in [0.29, 0.717) is 0 Å². The van der Waals surface area contributed by atoms with Gasteiger partial charge in [-0.05, 0) is 24.3 Å². The number of phenolic OH excluding ortho intramolecular Hbond substituents is 2. The highest BCUT2D eigenvalue weighted by Gasteiger charge is 2.48. The largest absolute Gasteiger partial charge is 0.508 e. The van der Waals surface area contributed by atoms with E-state index in [0.717, 1.165) is 12.1 Å². The zero-order valence-corrected chi connectivity index (χ0v) is 22.1. The summed E-state index contributed by atoms with van der Waals surface area (Å²) in [6, 6.07) is 7.47. The van der Waals surface area contributed by atoms with Gasteiger partial charge in [-0.2, -0.15) is 0 Å². The van der Waals surface area contributed by atoms with Gasteiger partial charge in [-0.1, -0.05) is 0 Å². The molecular formula is C27H30O16. The maximum Gasteiger partial charge on any atom is 0.238 e. The maximum absolute atomic E-state index is 12.8. The molecule has 10 atom stereocenters. The van der Waals surface area contributed by atoms with Crippen LogP contribution >= 0.6 is 0 Å². The normalized spacial score (nSPS) is 33.0. The highest BCUT2D eigenvalue weighted by Crippen LogP contribution is 2.37. The molecular weight excluding hydrogens is 580 g/mol. The van der Waals surface area contributed by atoms with Gasteiger partial charge in [0.15, 0.2) is 12.1 Å². The molecule has 16 heteroatoms. The summed E-state index contributed by atoms with van der Waals surface area (Å²) in [5.74, 6) is -2.03. The van der Waals surface area contributed by atoms with Crippen molar-refractivity contribution >= 4 is 11.0 Å². The number of hydrogen-bond donors (Lipinski definition) is 10. The minimum absolute atomic E-state index is 0.0741. The second-order valence-corrected chi connectivity index (χ2v) is 10.1. The van der Waals surface area contributed by atoms with Crippen molar-refractivity contribution in [2.75, 3.05) is 13.2 Å². The van der Waals surface area contributed by atoms with Crippen LogP contribution in [0.4, 0.5) is 0 Å². The van der Waals surface area contributed by atoms with Gasteiger partial charge in [-0.15, -0.1) is 0 Å². The summed E-state index contributed by atoms with van der Waals surface area (Å²) in [6.45, 7) is -1.30.